The summed E-state index contributed by atoms with van der Waals surface area (Å²) in [6, 6.07) is 4.34. The lowest BCUT2D eigenvalue weighted by atomic mass is 10.1. The number of aryl methyl sites for hydroxylation is 1. The summed E-state index contributed by atoms with van der Waals surface area (Å²) in [7, 11) is 1.54. The number of amides is 3. The average Bonchev–Trinajstić information content (AvgIpc) is 3.18. The SMILES string of the molecule is COc1ccc2c(c1)OCCNC(=O)[C@@H](NC(=O)Cc1csc(C)n1)CCCCNC2=O. The number of hydrogen-bond acceptors (Lipinski definition) is 7. The first-order valence-corrected chi connectivity index (χ1v) is 11.4. The molecule has 0 unspecified atom stereocenters. The number of carbonyl (C=O) groups is 3. The van der Waals surface area contributed by atoms with Gasteiger partial charge in [0.1, 0.15) is 24.1 Å². The zero-order valence-electron chi connectivity index (χ0n) is 18.2. The quantitative estimate of drug-likeness (QED) is 0.638. The highest BCUT2D eigenvalue weighted by atomic mass is 32.1. The third-order valence-electron chi connectivity index (χ3n) is 4.96. The molecule has 0 radical (unpaired) electrons. The van der Waals surface area contributed by atoms with Crippen LogP contribution in [0.5, 0.6) is 11.5 Å². The second-order valence-corrected chi connectivity index (χ2v) is 8.47. The van der Waals surface area contributed by atoms with Gasteiger partial charge in [0.2, 0.25) is 11.8 Å². The monoisotopic (exact) mass is 460 g/mol. The summed E-state index contributed by atoms with van der Waals surface area (Å²) in [5.41, 5.74) is 1.10. The van der Waals surface area contributed by atoms with E-state index in [1.807, 2.05) is 12.3 Å². The summed E-state index contributed by atoms with van der Waals surface area (Å²) in [6.07, 6.45) is 1.94. The molecule has 0 saturated heterocycles. The van der Waals surface area contributed by atoms with E-state index in [1.165, 1.54) is 18.4 Å². The van der Waals surface area contributed by atoms with E-state index in [0.717, 1.165) is 5.01 Å². The molecule has 1 atom stereocenters. The Balaban J connectivity index is 1.63. The molecule has 0 aliphatic carbocycles. The lowest BCUT2D eigenvalue weighted by Gasteiger charge is -2.20. The van der Waals surface area contributed by atoms with E-state index in [2.05, 4.69) is 20.9 Å². The van der Waals surface area contributed by atoms with Crippen LogP contribution >= 0.6 is 11.3 Å². The molecule has 1 aromatic carbocycles. The summed E-state index contributed by atoms with van der Waals surface area (Å²) in [4.78, 5) is 42.0. The highest BCUT2D eigenvalue weighted by Gasteiger charge is 2.21. The molecule has 2 aromatic rings. The number of benzene rings is 1. The maximum absolute atomic E-state index is 12.7. The van der Waals surface area contributed by atoms with Crippen LogP contribution in [0.1, 0.15) is 40.3 Å². The van der Waals surface area contributed by atoms with E-state index >= 15 is 0 Å². The highest BCUT2D eigenvalue weighted by molar-refractivity contribution is 7.09. The molecule has 2 heterocycles. The predicted octanol–water partition coefficient (Wildman–Crippen LogP) is 1.60. The molecule has 172 valence electrons. The molecule has 32 heavy (non-hydrogen) atoms. The Hall–Kier alpha value is -3.14. The standard InChI is InChI=1S/C22H28N4O5S/c1-14-25-15(13-32-14)11-20(27)26-18-5-3-4-8-23-21(28)17-7-6-16(30-2)12-19(17)31-10-9-24-22(18)29/h6-7,12-13,18H,3-5,8-11H2,1-2H3,(H,23,28)(H,24,29)(H,26,27)/t18-/m0/s1. The van der Waals surface area contributed by atoms with Crippen molar-refractivity contribution in [3.63, 3.8) is 0 Å². The fourth-order valence-corrected chi connectivity index (χ4v) is 3.95. The van der Waals surface area contributed by atoms with E-state index in [-0.39, 0.29) is 37.3 Å². The van der Waals surface area contributed by atoms with E-state index in [1.54, 1.807) is 18.2 Å². The van der Waals surface area contributed by atoms with Crippen LogP contribution in [-0.2, 0) is 16.0 Å². The second kappa shape index (κ2) is 11.5. The molecule has 3 rings (SSSR count). The molecule has 0 saturated carbocycles. The van der Waals surface area contributed by atoms with Gasteiger partial charge < -0.3 is 25.4 Å². The Morgan fingerprint density at radius 3 is 2.88 bits per heavy atom. The van der Waals surface area contributed by atoms with Crippen LogP contribution in [0.15, 0.2) is 23.6 Å². The molecule has 3 amide bonds. The zero-order chi connectivity index (χ0) is 22.9. The van der Waals surface area contributed by atoms with Crippen molar-refractivity contribution in [2.75, 3.05) is 26.8 Å². The zero-order valence-corrected chi connectivity index (χ0v) is 19.0. The van der Waals surface area contributed by atoms with Gasteiger partial charge in [0.25, 0.3) is 5.91 Å². The number of fused-ring (bicyclic) bond motifs is 1. The van der Waals surface area contributed by atoms with Crippen LogP contribution in [0, 0.1) is 6.92 Å². The van der Waals surface area contributed by atoms with Gasteiger partial charge >= 0.3 is 0 Å². The molecule has 9 nitrogen and oxygen atoms in total. The molecule has 1 aliphatic heterocycles. The number of nitrogens with zero attached hydrogens (tertiary/aromatic N) is 1. The second-order valence-electron chi connectivity index (χ2n) is 7.41. The van der Waals surface area contributed by atoms with Crippen molar-refractivity contribution < 1.29 is 23.9 Å². The third kappa shape index (κ3) is 6.68. The van der Waals surface area contributed by atoms with E-state index in [9.17, 15) is 14.4 Å². The summed E-state index contributed by atoms with van der Waals surface area (Å²) < 4.78 is 11.0. The first-order valence-electron chi connectivity index (χ1n) is 10.5. The van der Waals surface area contributed by atoms with Crippen molar-refractivity contribution in [2.24, 2.45) is 0 Å². The van der Waals surface area contributed by atoms with Crippen molar-refractivity contribution in [2.45, 2.75) is 38.6 Å². The molecule has 3 N–H and O–H groups in total. The van der Waals surface area contributed by atoms with Gasteiger partial charge in [-0.1, -0.05) is 0 Å². The van der Waals surface area contributed by atoms with Gasteiger partial charge in [0.05, 0.1) is 36.3 Å². The van der Waals surface area contributed by atoms with Crippen LogP contribution < -0.4 is 25.4 Å². The summed E-state index contributed by atoms with van der Waals surface area (Å²) in [6.45, 7) is 2.73. The van der Waals surface area contributed by atoms with Gasteiger partial charge in [0, 0.05) is 18.0 Å². The van der Waals surface area contributed by atoms with Crippen LogP contribution in [0.4, 0.5) is 0 Å². The van der Waals surface area contributed by atoms with Crippen LogP contribution in [-0.4, -0.2) is 55.6 Å². The molecule has 1 aromatic heterocycles. The Labute approximate surface area is 190 Å². The maximum Gasteiger partial charge on any atom is 0.255 e. The number of aromatic nitrogens is 1. The van der Waals surface area contributed by atoms with Gasteiger partial charge in [-0.25, -0.2) is 4.98 Å². The minimum Gasteiger partial charge on any atom is -0.497 e. The summed E-state index contributed by atoms with van der Waals surface area (Å²) in [5, 5.41) is 11.2. The number of ether oxygens (including phenoxy) is 2. The Bertz CT molecular complexity index is 962. The van der Waals surface area contributed by atoms with Crippen molar-refractivity contribution >= 4 is 29.1 Å². The average molecular weight is 461 g/mol. The third-order valence-corrected chi connectivity index (χ3v) is 5.78. The molecule has 1 aliphatic rings. The van der Waals surface area contributed by atoms with E-state index in [4.69, 9.17) is 9.47 Å². The van der Waals surface area contributed by atoms with Gasteiger partial charge in [-0.15, -0.1) is 11.3 Å². The fourth-order valence-electron chi connectivity index (χ4n) is 3.33. The van der Waals surface area contributed by atoms with Crippen LogP contribution in [0.3, 0.4) is 0 Å². The smallest absolute Gasteiger partial charge is 0.255 e. The maximum atomic E-state index is 12.7. The lowest BCUT2D eigenvalue weighted by Crippen LogP contribution is -2.48. The first-order chi connectivity index (χ1) is 15.5. The van der Waals surface area contributed by atoms with Gasteiger partial charge in [-0.2, -0.15) is 0 Å². The molecule has 0 spiro atoms. The highest BCUT2D eigenvalue weighted by Crippen LogP contribution is 2.25. The number of carbonyl (C=O) groups excluding carboxylic acids is 3. The van der Waals surface area contributed by atoms with Gasteiger partial charge in [-0.05, 0) is 38.3 Å². The van der Waals surface area contributed by atoms with Crippen LogP contribution in [0.2, 0.25) is 0 Å². The number of rotatable bonds is 4. The molecule has 0 bridgehead atoms. The fraction of sp³-hybridized carbons (Fsp3) is 0.455. The topological polar surface area (TPSA) is 119 Å². The van der Waals surface area contributed by atoms with Gasteiger partial charge in [0.15, 0.2) is 0 Å². The summed E-state index contributed by atoms with van der Waals surface area (Å²) in [5.74, 6) is 0.217. The van der Waals surface area contributed by atoms with Gasteiger partial charge in [-0.3, -0.25) is 14.4 Å². The lowest BCUT2D eigenvalue weighted by molar-refractivity contribution is -0.129. The minimum atomic E-state index is -0.659. The first kappa shape index (κ1) is 23.5. The van der Waals surface area contributed by atoms with Crippen molar-refractivity contribution in [3.05, 3.63) is 39.8 Å². The predicted molar refractivity (Wildman–Crippen MR) is 120 cm³/mol. The molecular weight excluding hydrogens is 432 g/mol. The van der Waals surface area contributed by atoms with E-state index in [0.29, 0.717) is 48.6 Å². The molecule has 10 heteroatoms. The molecule has 0 fully saturated rings. The number of hydrogen-bond donors (Lipinski definition) is 3. The van der Waals surface area contributed by atoms with Crippen molar-refractivity contribution in [1.29, 1.82) is 0 Å². The Morgan fingerprint density at radius 1 is 1.28 bits per heavy atom. The van der Waals surface area contributed by atoms with Crippen molar-refractivity contribution in [1.82, 2.24) is 20.9 Å². The molecular formula is C22H28N4O5S. The number of methoxy groups -OCH3 is 1. The van der Waals surface area contributed by atoms with Crippen LogP contribution in [0.25, 0.3) is 0 Å². The number of thiazole rings is 1. The van der Waals surface area contributed by atoms with E-state index < -0.39 is 6.04 Å². The summed E-state index contributed by atoms with van der Waals surface area (Å²) >= 11 is 1.48. The Kier molecular flexibility index (Phi) is 8.43. The normalized spacial score (nSPS) is 17.8. The minimum absolute atomic E-state index is 0.131. The number of nitrogens with one attached hydrogen (secondary N) is 3. The van der Waals surface area contributed by atoms with Crippen molar-refractivity contribution in [3.8, 4) is 11.5 Å². The largest absolute Gasteiger partial charge is 0.497 e. The Morgan fingerprint density at radius 2 is 2.12 bits per heavy atom.